The van der Waals surface area contributed by atoms with E-state index in [2.05, 4.69) is 15.8 Å². The second kappa shape index (κ2) is 7.40. The lowest BCUT2D eigenvalue weighted by atomic mass is 10.1. The van der Waals surface area contributed by atoms with Crippen molar-refractivity contribution in [3.8, 4) is 0 Å². The van der Waals surface area contributed by atoms with E-state index in [0.717, 1.165) is 16.3 Å². The van der Waals surface area contributed by atoms with Gasteiger partial charge in [-0.05, 0) is 35.0 Å². The maximum absolute atomic E-state index is 12.1. The lowest BCUT2D eigenvalue weighted by Gasteiger charge is -2.04. The monoisotopic (exact) mass is 331 g/mol. The Hall–Kier alpha value is -3.47. The minimum atomic E-state index is -0.314. The Morgan fingerprint density at radius 1 is 0.920 bits per heavy atom. The number of nitrogens with one attached hydrogen (secondary N) is 2. The number of hydrazone groups is 1. The van der Waals surface area contributed by atoms with Crippen LogP contribution in [0.2, 0.25) is 0 Å². The van der Waals surface area contributed by atoms with Gasteiger partial charge in [-0.15, -0.1) is 0 Å². The molecule has 0 fully saturated rings. The Bertz CT molecular complexity index is 941. The SMILES string of the molecule is CC(=O)Nc1ccc(C(=O)N/N=C/c2cccc3ccccc23)cc1. The summed E-state index contributed by atoms with van der Waals surface area (Å²) in [6.45, 7) is 1.43. The first-order chi connectivity index (χ1) is 12.1. The van der Waals surface area contributed by atoms with Crippen LogP contribution in [0.25, 0.3) is 10.8 Å². The van der Waals surface area contributed by atoms with Crippen molar-refractivity contribution < 1.29 is 9.59 Å². The van der Waals surface area contributed by atoms with E-state index in [1.54, 1.807) is 30.5 Å². The number of benzene rings is 3. The van der Waals surface area contributed by atoms with Crippen molar-refractivity contribution >= 4 is 34.5 Å². The Morgan fingerprint density at radius 3 is 2.40 bits per heavy atom. The molecule has 0 radical (unpaired) electrons. The highest BCUT2D eigenvalue weighted by Gasteiger charge is 2.04. The quantitative estimate of drug-likeness (QED) is 0.567. The average Bonchev–Trinajstić information content (AvgIpc) is 2.62. The summed E-state index contributed by atoms with van der Waals surface area (Å²) in [4.78, 5) is 23.1. The predicted molar refractivity (Wildman–Crippen MR) is 99.8 cm³/mol. The van der Waals surface area contributed by atoms with E-state index in [1.807, 2.05) is 42.5 Å². The lowest BCUT2D eigenvalue weighted by Crippen LogP contribution is -2.17. The van der Waals surface area contributed by atoms with Crippen molar-refractivity contribution in [2.24, 2.45) is 5.10 Å². The molecule has 0 aliphatic heterocycles. The molecule has 3 aromatic carbocycles. The normalized spacial score (nSPS) is 10.8. The molecule has 124 valence electrons. The minimum absolute atomic E-state index is 0.156. The number of amides is 2. The molecule has 0 heterocycles. The molecule has 0 bridgehead atoms. The molecule has 3 aromatic rings. The fourth-order valence-electron chi connectivity index (χ4n) is 2.50. The smallest absolute Gasteiger partial charge is 0.271 e. The standard InChI is InChI=1S/C20H17N3O2/c1-14(24)22-18-11-9-16(10-12-18)20(25)23-21-13-17-7-4-6-15-5-2-3-8-19(15)17/h2-13H,1H3,(H,22,24)(H,23,25)/b21-13+. The largest absolute Gasteiger partial charge is 0.326 e. The molecular formula is C20H17N3O2. The van der Waals surface area contributed by atoms with E-state index < -0.39 is 0 Å². The fraction of sp³-hybridized carbons (Fsp3) is 0.0500. The third-order valence-corrected chi connectivity index (χ3v) is 3.66. The Labute approximate surface area is 145 Å². The molecule has 0 saturated heterocycles. The molecule has 5 heteroatoms. The third-order valence-electron chi connectivity index (χ3n) is 3.66. The van der Waals surface area contributed by atoms with Crippen molar-refractivity contribution in [1.29, 1.82) is 0 Å². The van der Waals surface area contributed by atoms with Crippen molar-refractivity contribution in [2.45, 2.75) is 6.92 Å². The predicted octanol–water partition coefficient (Wildman–Crippen LogP) is 3.56. The van der Waals surface area contributed by atoms with Gasteiger partial charge in [-0.3, -0.25) is 9.59 Å². The molecule has 0 aromatic heterocycles. The topological polar surface area (TPSA) is 70.6 Å². The van der Waals surface area contributed by atoms with Crippen molar-refractivity contribution in [3.63, 3.8) is 0 Å². The van der Waals surface area contributed by atoms with Gasteiger partial charge < -0.3 is 5.32 Å². The van der Waals surface area contributed by atoms with Gasteiger partial charge in [0, 0.05) is 23.7 Å². The van der Waals surface area contributed by atoms with Gasteiger partial charge in [0.1, 0.15) is 0 Å². The van der Waals surface area contributed by atoms with E-state index in [4.69, 9.17) is 0 Å². The molecule has 0 aliphatic rings. The number of nitrogens with zero attached hydrogens (tertiary/aromatic N) is 1. The molecule has 0 aliphatic carbocycles. The first-order valence-electron chi connectivity index (χ1n) is 7.82. The molecule has 2 amide bonds. The molecule has 5 nitrogen and oxygen atoms in total. The van der Waals surface area contributed by atoms with Crippen LogP contribution in [0.15, 0.2) is 71.8 Å². The van der Waals surface area contributed by atoms with Crippen LogP contribution in [-0.2, 0) is 4.79 Å². The van der Waals surface area contributed by atoms with Gasteiger partial charge in [0.15, 0.2) is 0 Å². The van der Waals surface area contributed by atoms with E-state index in [9.17, 15) is 9.59 Å². The van der Waals surface area contributed by atoms with Crippen LogP contribution in [0.3, 0.4) is 0 Å². The number of rotatable bonds is 4. The molecule has 0 spiro atoms. The van der Waals surface area contributed by atoms with E-state index in [0.29, 0.717) is 11.3 Å². The van der Waals surface area contributed by atoms with Gasteiger partial charge in [-0.2, -0.15) is 5.10 Å². The van der Waals surface area contributed by atoms with Gasteiger partial charge in [-0.1, -0.05) is 42.5 Å². The summed E-state index contributed by atoms with van der Waals surface area (Å²) >= 11 is 0. The van der Waals surface area contributed by atoms with Crippen LogP contribution in [0.4, 0.5) is 5.69 Å². The molecule has 2 N–H and O–H groups in total. The average molecular weight is 331 g/mol. The zero-order valence-electron chi connectivity index (χ0n) is 13.7. The van der Waals surface area contributed by atoms with Gasteiger partial charge in [0.2, 0.25) is 5.91 Å². The van der Waals surface area contributed by atoms with Crippen molar-refractivity contribution in [3.05, 3.63) is 77.9 Å². The second-order valence-corrected chi connectivity index (χ2v) is 5.53. The lowest BCUT2D eigenvalue weighted by molar-refractivity contribution is -0.114. The summed E-state index contributed by atoms with van der Waals surface area (Å²) in [6, 6.07) is 20.5. The third kappa shape index (κ3) is 4.09. The molecule has 0 unspecified atom stereocenters. The number of hydrogen-bond acceptors (Lipinski definition) is 3. The summed E-state index contributed by atoms with van der Waals surface area (Å²) in [6.07, 6.45) is 1.63. The molecule has 3 rings (SSSR count). The van der Waals surface area contributed by atoms with Gasteiger partial charge >= 0.3 is 0 Å². The Kier molecular flexibility index (Phi) is 4.85. The van der Waals surface area contributed by atoms with Gasteiger partial charge in [0.05, 0.1) is 6.21 Å². The first-order valence-corrected chi connectivity index (χ1v) is 7.82. The number of fused-ring (bicyclic) bond motifs is 1. The van der Waals surface area contributed by atoms with Crippen LogP contribution < -0.4 is 10.7 Å². The zero-order valence-corrected chi connectivity index (χ0v) is 13.7. The maximum atomic E-state index is 12.1. The van der Waals surface area contributed by atoms with Crippen LogP contribution >= 0.6 is 0 Å². The van der Waals surface area contributed by atoms with Gasteiger partial charge in [-0.25, -0.2) is 5.43 Å². The summed E-state index contributed by atoms with van der Waals surface area (Å²) in [7, 11) is 0. The Morgan fingerprint density at radius 2 is 1.64 bits per heavy atom. The molecule has 0 atom stereocenters. The highest BCUT2D eigenvalue weighted by Crippen LogP contribution is 2.16. The number of anilines is 1. The first kappa shape index (κ1) is 16.4. The Balaban J connectivity index is 1.69. The zero-order chi connectivity index (χ0) is 17.6. The van der Waals surface area contributed by atoms with Crippen LogP contribution in [0.5, 0.6) is 0 Å². The van der Waals surface area contributed by atoms with Crippen molar-refractivity contribution in [2.75, 3.05) is 5.32 Å². The molecule has 25 heavy (non-hydrogen) atoms. The summed E-state index contributed by atoms with van der Waals surface area (Å²) in [5.41, 5.74) is 4.55. The van der Waals surface area contributed by atoms with Crippen LogP contribution in [0, 0.1) is 0 Å². The molecular weight excluding hydrogens is 314 g/mol. The van der Waals surface area contributed by atoms with E-state index in [1.165, 1.54) is 6.92 Å². The van der Waals surface area contributed by atoms with Crippen molar-refractivity contribution in [1.82, 2.24) is 5.43 Å². The number of carbonyl (C=O) groups is 2. The fourth-order valence-corrected chi connectivity index (χ4v) is 2.50. The summed E-state index contributed by atoms with van der Waals surface area (Å²) in [5, 5.41) is 8.89. The van der Waals surface area contributed by atoms with Crippen LogP contribution in [-0.4, -0.2) is 18.0 Å². The minimum Gasteiger partial charge on any atom is -0.326 e. The second-order valence-electron chi connectivity index (χ2n) is 5.53. The van der Waals surface area contributed by atoms with E-state index >= 15 is 0 Å². The summed E-state index contributed by atoms with van der Waals surface area (Å²) in [5.74, 6) is -0.470. The van der Waals surface area contributed by atoms with E-state index in [-0.39, 0.29) is 11.8 Å². The maximum Gasteiger partial charge on any atom is 0.271 e. The van der Waals surface area contributed by atoms with Crippen LogP contribution in [0.1, 0.15) is 22.8 Å². The number of carbonyl (C=O) groups excluding carboxylic acids is 2. The van der Waals surface area contributed by atoms with Gasteiger partial charge in [0.25, 0.3) is 5.91 Å². The summed E-state index contributed by atoms with van der Waals surface area (Å²) < 4.78 is 0. The molecule has 0 saturated carbocycles. The highest BCUT2D eigenvalue weighted by atomic mass is 16.2. The number of hydrogen-bond donors (Lipinski definition) is 2. The highest BCUT2D eigenvalue weighted by molar-refractivity contribution is 6.01.